The first-order valence-electron chi connectivity index (χ1n) is 8.52. The number of aromatic nitrogens is 2. The molecule has 0 aromatic carbocycles. The largest absolute Gasteiger partial charge is 0.337 e. The van der Waals surface area contributed by atoms with Crippen molar-refractivity contribution in [1.29, 1.82) is 0 Å². The predicted octanol–water partition coefficient (Wildman–Crippen LogP) is 1.19. The van der Waals surface area contributed by atoms with Crippen molar-refractivity contribution in [2.24, 2.45) is 5.92 Å². The number of urea groups is 1. The molecule has 8 heteroatoms. The molecule has 2 aliphatic rings. The van der Waals surface area contributed by atoms with Crippen LogP contribution in [0.15, 0.2) is 6.07 Å². The first-order valence-corrected chi connectivity index (χ1v) is 9.92. The van der Waals surface area contributed by atoms with Crippen molar-refractivity contribution in [3.63, 3.8) is 0 Å². The van der Waals surface area contributed by atoms with E-state index in [0.717, 1.165) is 43.1 Å². The smallest absolute Gasteiger partial charge is 0.315 e. The van der Waals surface area contributed by atoms with Crippen LogP contribution in [-0.2, 0) is 24.4 Å². The fraction of sp³-hybridized carbons (Fsp3) is 0.688. The van der Waals surface area contributed by atoms with E-state index < -0.39 is 0 Å². The molecule has 1 fully saturated rings. The van der Waals surface area contributed by atoms with Gasteiger partial charge in [-0.05, 0) is 25.2 Å². The van der Waals surface area contributed by atoms with E-state index in [1.807, 2.05) is 21.9 Å². The topological polar surface area (TPSA) is 79.3 Å². The SMILES string of the molecule is CSCCNC(=O)NCc1cc2n(n1)CCN(C(=O)C1CCC1)C2. The lowest BCUT2D eigenvalue weighted by atomic mass is 9.84. The molecule has 24 heavy (non-hydrogen) atoms. The Morgan fingerprint density at radius 1 is 1.33 bits per heavy atom. The van der Waals surface area contributed by atoms with Crippen LogP contribution in [0.2, 0.25) is 0 Å². The van der Waals surface area contributed by atoms with Gasteiger partial charge in [0.15, 0.2) is 0 Å². The van der Waals surface area contributed by atoms with Gasteiger partial charge in [0.1, 0.15) is 0 Å². The van der Waals surface area contributed by atoms with Crippen molar-refractivity contribution in [1.82, 2.24) is 25.3 Å². The molecule has 0 radical (unpaired) electrons. The van der Waals surface area contributed by atoms with Gasteiger partial charge in [-0.1, -0.05) is 6.42 Å². The van der Waals surface area contributed by atoms with E-state index in [9.17, 15) is 9.59 Å². The third kappa shape index (κ3) is 4.03. The molecular formula is C16H25N5O2S. The molecule has 1 aromatic rings. The van der Waals surface area contributed by atoms with Gasteiger partial charge in [-0.15, -0.1) is 0 Å². The normalized spacial score (nSPS) is 17.1. The summed E-state index contributed by atoms with van der Waals surface area (Å²) in [7, 11) is 0. The first kappa shape index (κ1) is 17.1. The van der Waals surface area contributed by atoms with Crippen LogP contribution in [0.3, 0.4) is 0 Å². The van der Waals surface area contributed by atoms with Crippen LogP contribution in [0.4, 0.5) is 4.79 Å². The highest BCUT2D eigenvalue weighted by molar-refractivity contribution is 7.98. The number of carbonyl (C=O) groups excluding carboxylic acids is 2. The molecule has 2 N–H and O–H groups in total. The second-order valence-electron chi connectivity index (χ2n) is 6.34. The molecule has 1 aliphatic carbocycles. The van der Waals surface area contributed by atoms with Crippen LogP contribution in [0, 0.1) is 5.92 Å². The number of amides is 3. The minimum absolute atomic E-state index is 0.170. The number of rotatable bonds is 6. The average molecular weight is 351 g/mol. The van der Waals surface area contributed by atoms with Crippen molar-refractivity contribution in [2.75, 3.05) is 25.1 Å². The zero-order valence-corrected chi connectivity index (χ0v) is 14.9. The Bertz CT molecular complexity index is 599. The van der Waals surface area contributed by atoms with E-state index in [2.05, 4.69) is 15.7 Å². The van der Waals surface area contributed by atoms with E-state index in [4.69, 9.17) is 0 Å². The standard InChI is InChI=1S/C16H25N5O2S/c1-24-8-5-17-16(23)18-10-13-9-14-11-20(6-7-21(14)19-13)15(22)12-3-2-4-12/h9,12H,2-8,10-11H2,1H3,(H2,17,18,23). The molecule has 0 saturated heterocycles. The van der Waals surface area contributed by atoms with Crippen LogP contribution in [0.1, 0.15) is 30.7 Å². The molecule has 132 valence electrons. The van der Waals surface area contributed by atoms with Crippen LogP contribution >= 0.6 is 11.8 Å². The van der Waals surface area contributed by atoms with Gasteiger partial charge in [0, 0.05) is 24.8 Å². The first-order chi connectivity index (χ1) is 11.7. The molecule has 0 unspecified atom stereocenters. The molecule has 0 spiro atoms. The molecular weight excluding hydrogens is 326 g/mol. The summed E-state index contributed by atoms with van der Waals surface area (Å²) in [5, 5.41) is 10.2. The third-order valence-electron chi connectivity index (χ3n) is 4.64. The molecule has 0 bridgehead atoms. The van der Waals surface area contributed by atoms with Crippen molar-refractivity contribution in [2.45, 2.75) is 38.9 Å². The molecule has 1 aromatic heterocycles. The summed E-state index contributed by atoms with van der Waals surface area (Å²) in [5.41, 5.74) is 1.89. The number of hydrogen-bond acceptors (Lipinski definition) is 4. The lowest BCUT2D eigenvalue weighted by molar-refractivity contribution is -0.139. The Labute approximate surface area is 146 Å². The second-order valence-corrected chi connectivity index (χ2v) is 7.33. The van der Waals surface area contributed by atoms with Crippen molar-refractivity contribution in [3.8, 4) is 0 Å². The number of fused-ring (bicyclic) bond motifs is 1. The quantitative estimate of drug-likeness (QED) is 0.755. The Kier molecular flexibility index (Phi) is 5.65. The fourth-order valence-electron chi connectivity index (χ4n) is 3.01. The summed E-state index contributed by atoms with van der Waals surface area (Å²) in [4.78, 5) is 26.0. The Hall–Kier alpha value is -1.70. The highest BCUT2D eigenvalue weighted by Gasteiger charge is 2.31. The third-order valence-corrected chi connectivity index (χ3v) is 5.25. The van der Waals surface area contributed by atoms with Gasteiger partial charge in [-0.2, -0.15) is 16.9 Å². The lowest BCUT2D eigenvalue weighted by Gasteiger charge is -2.34. The maximum atomic E-state index is 12.4. The van der Waals surface area contributed by atoms with Gasteiger partial charge in [-0.25, -0.2) is 4.79 Å². The average Bonchev–Trinajstić information content (AvgIpc) is 2.93. The van der Waals surface area contributed by atoms with Gasteiger partial charge in [0.25, 0.3) is 0 Å². The highest BCUT2D eigenvalue weighted by Crippen LogP contribution is 2.29. The lowest BCUT2D eigenvalue weighted by Crippen LogP contribution is -2.43. The van der Waals surface area contributed by atoms with Crippen molar-refractivity contribution in [3.05, 3.63) is 17.5 Å². The van der Waals surface area contributed by atoms with E-state index >= 15 is 0 Å². The number of hydrogen-bond donors (Lipinski definition) is 2. The zero-order valence-electron chi connectivity index (χ0n) is 14.1. The van der Waals surface area contributed by atoms with Gasteiger partial charge in [0.2, 0.25) is 5.91 Å². The maximum Gasteiger partial charge on any atom is 0.315 e. The predicted molar refractivity (Wildman–Crippen MR) is 93.6 cm³/mol. The molecule has 3 rings (SSSR count). The van der Waals surface area contributed by atoms with Gasteiger partial charge in [-0.3, -0.25) is 9.48 Å². The van der Waals surface area contributed by atoms with Gasteiger partial charge in [0.05, 0.1) is 31.0 Å². The van der Waals surface area contributed by atoms with Gasteiger partial charge < -0.3 is 15.5 Å². The van der Waals surface area contributed by atoms with E-state index in [1.54, 1.807) is 11.8 Å². The minimum atomic E-state index is -0.170. The molecule has 1 aliphatic heterocycles. The summed E-state index contributed by atoms with van der Waals surface area (Å²) in [5.74, 6) is 1.43. The summed E-state index contributed by atoms with van der Waals surface area (Å²) < 4.78 is 1.95. The molecule has 7 nitrogen and oxygen atoms in total. The van der Waals surface area contributed by atoms with Crippen LogP contribution in [-0.4, -0.2) is 51.7 Å². The Balaban J connectivity index is 1.49. The van der Waals surface area contributed by atoms with Crippen LogP contribution < -0.4 is 10.6 Å². The molecule has 0 atom stereocenters. The number of nitrogens with zero attached hydrogens (tertiary/aromatic N) is 3. The summed E-state index contributed by atoms with van der Waals surface area (Å²) in [6.45, 7) is 3.15. The number of nitrogens with one attached hydrogen (secondary N) is 2. The summed E-state index contributed by atoms with van der Waals surface area (Å²) >= 11 is 1.70. The molecule has 2 heterocycles. The van der Waals surface area contributed by atoms with Crippen molar-refractivity contribution >= 4 is 23.7 Å². The fourth-order valence-corrected chi connectivity index (χ4v) is 3.32. The van der Waals surface area contributed by atoms with Crippen molar-refractivity contribution < 1.29 is 9.59 Å². The highest BCUT2D eigenvalue weighted by atomic mass is 32.2. The number of carbonyl (C=O) groups is 2. The van der Waals surface area contributed by atoms with Crippen LogP contribution in [0.25, 0.3) is 0 Å². The maximum absolute atomic E-state index is 12.4. The monoisotopic (exact) mass is 351 g/mol. The summed E-state index contributed by atoms with van der Waals surface area (Å²) in [6, 6.07) is 1.82. The minimum Gasteiger partial charge on any atom is -0.337 e. The van der Waals surface area contributed by atoms with E-state index in [-0.39, 0.29) is 11.9 Å². The zero-order chi connectivity index (χ0) is 16.9. The van der Waals surface area contributed by atoms with Gasteiger partial charge >= 0.3 is 6.03 Å². The number of thioether (sulfide) groups is 1. The Morgan fingerprint density at radius 3 is 2.88 bits per heavy atom. The Morgan fingerprint density at radius 2 is 2.17 bits per heavy atom. The van der Waals surface area contributed by atoms with E-state index in [1.165, 1.54) is 6.42 Å². The molecule has 3 amide bonds. The molecule has 1 saturated carbocycles. The van der Waals surface area contributed by atoms with E-state index in [0.29, 0.717) is 25.5 Å². The summed E-state index contributed by atoms with van der Waals surface area (Å²) in [6.07, 6.45) is 5.26. The second kappa shape index (κ2) is 7.92. The van der Waals surface area contributed by atoms with Crippen LogP contribution in [0.5, 0.6) is 0 Å².